The van der Waals surface area contributed by atoms with Crippen LogP contribution < -0.4 is 11.4 Å². The van der Waals surface area contributed by atoms with Gasteiger partial charge >= 0.3 is 5.69 Å². The highest BCUT2D eigenvalue weighted by molar-refractivity contribution is 8.12. The summed E-state index contributed by atoms with van der Waals surface area (Å²) in [5, 5.41) is -0.425. The van der Waals surface area contributed by atoms with E-state index < -0.39 is 5.24 Å². The standard InChI is InChI=1S/C17H21N3O2S2/c18-16(21)23-9-12-15-14(11-7-4-8-13(11)24-15)20(17(22)19-12)10-5-2-1-3-6-10/h10H,1-9H2,(H2,18,21). The average Bonchev–Trinajstić information content (AvgIpc) is 3.15. The zero-order chi connectivity index (χ0) is 16.7. The van der Waals surface area contributed by atoms with E-state index in [1.165, 1.54) is 36.1 Å². The lowest BCUT2D eigenvalue weighted by molar-refractivity contribution is 0.267. The van der Waals surface area contributed by atoms with Gasteiger partial charge in [-0.25, -0.2) is 4.79 Å². The van der Waals surface area contributed by atoms with Crippen molar-refractivity contribution in [2.24, 2.45) is 5.73 Å². The molecule has 0 unspecified atom stereocenters. The Kier molecular flexibility index (Phi) is 4.39. The van der Waals surface area contributed by atoms with E-state index in [1.54, 1.807) is 11.3 Å². The predicted molar refractivity (Wildman–Crippen MR) is 98.9 cm³/mol. The second-order valence-electron chi connectivity index (χ2n) is 6.65. The minimum Gasteiger partial charge on any atom is -0.361 e. The molecule has 0 aromatic carbocycles. The number of rotatable bonds is 3. The van der Waals surface area contributed by atoms with Crippen LogP contribution in [0.2, 0.25) is 0 Å². The first-order valence-corrected chi connectivity index (χ1v) is 10.4. The molecule has 5 nitrogen and oxygen atoms in total. The number of carbonyl (C=O) groups excluding carboxylic acids is 1. The molecule has 0 saturated heterocycles. The number of aromatic nitrogens is 2. The highest BCUT2D eigenvalue weighted by Gasteiger charge is 2.27. The number of hydrogen-bond donors (Lipinski definition) is 1. The maximum absolute atomic E-state index is 12.8. The van der Waals surface area contributed by atoms with Gasteiger partial charge in [0.2, 0.25) is 0 Å². The third kappa shape index (κ3) is 2.77. The van der Waals surface area contributed by atoms with E-state index in [1.807, 2.05) is 4.57 Å². The van der Waals surface area contributed by atoms with Crippen LogP contribution in [0, 0.1) is 0 Å². The van der Waals surface area contributed by atoms with Crippen LogP contribution >= 0.6 is 23.1 Å². The van der Waals surface area contributed by atoms with Crippen LogP contribution in [-0.2, 0) is 18.6 Å². The minimum absolute atomic E-state index is 0.151. The Balaban J connectivity index is 1.89. The van der Waals surface area contributed by atoms with Crippen LogP contribution in [-0.4, -0.2) is 14.8 Å². The normalized spacial score (nSPS) is 18.2. The number of nitrogens with two attached hydrogens (primary N) is 1. The van der Waals surface area contributed by atoms with E-state index in [0.29, 0.717) is 5.75 Å². The number of carbonyl (C=O) groups is 1. The van der Waals surface area contributed by atoms with Gasteiger partial charge < -0.3 is 5.73 Å². The zero-order valence-corrected chi connectivity index (χ0v) is 15.2. The van der Waals surface area contributed by atoms with Gasteiger partial charge in [0.25, 0.3) is 5.24 Å². The fraction of sp³-hybridized carbons (Fsp3) is 0.588. The summed E-state index contributed by atoms with van der Waals surface area (Å²) >= 11 is 2.79. The van der Waals surface area contributed by atoms with Crippen molar-refractivity contribution >= 4 is 38.6 Å². The molecule has 2 aliphatic carbocycles. The third-order valence-corrected chi connectivity index (χ3v) is 7.16. The molecule has 2 heterocycles. The van der Waals surface area contributed by atoms with Gasteiger partial charge in [0.1, 0.15) is 0 Å². The van der Waals surface area contributed by atoms with Gasteiger partial charge in [0, 0.05) is 16.7 Å². The van der Waals surface area contributed by atoms with Crippen molar-refractivity contribution in [3.63, 3.8) is 0 Å². The molecule has 128 valence electrons. The Morgan fingerprint density at radius 3 is 2.79 bits per heavy atom. The number of fused-ring (bicyclic) bond motifs is 3. The minimum atomic E-state index is -0.425. The van der Waals surface area contributed by atoms with Crippen LogP contribution in [0.3, 0.4) is 0 Å². The van der Waals surface area contributed by atoms with E-state index in [4.69, 9.17) is 5.73 Å². The number of aryl methyl sites for hydroxylation is 2. The largest absolute Gasteiger partial charge is 0.361 e. The summed E-state index contributed by atoms with van der Waals surface area (Å²) in [6.45, 7) is 0. The van der Waals surface area contributed by atoms with Crippen molar-refractivity contribution in [2.45, 2.75) is 63.2 Å². The van der Waals surface area contributed by atoms with Crippen LogP contribution in [0.1, 0.15) is 60.7 Å². The number of nitrogens with zero attached hydrogens (tertiary/aromatic N) is 2. The maximum atomic E-state index is 12.8. The summed E-state index contributed by atoms with van der Waals surface area (Å²) < 4.78 is 3.08. The van der Waals surface area contributed by atoms with Crippen LogP contribution in [0.15, 0.2) is 4.79 Å². The SMILES string of the molecule is NC(=O)SCc1nc(=O)n(C2CCCCC2)c2c3c(sc12)CCC3. The number of hydrogen-bond acceptors (Lipinski definition) is 5. The molecule has 1 fully saturated rings. The molecule has 1 amide bonds. The molecule has 0 bridgehead atoms. The molecule has 2 aromatic rings. The van der Waals surface area contributed by atoms with Crippen molar-refractivity contribution in [3.8, 4) is 0 Å². The fourth-order valence-corrected chi connectivity index (χ4v) is 6.02. The molecular weight excluding hydrogens is 342 g/mol. The van der Waals surface area contributed by atoms with Crippen molar-refractivity contribution in [1.82, 2.24) is 9.55 Å². The van der Waals surface area contributed by atoms with Gasteiger partial charge in [-0.05, 0) is 37.7 Å². The van der Waals surface area contributed by atoms with Crippen LogP contribution in [0.5, 0.6) is 0 Å². The van der Waals surface area contributed by atoms with E-state index in [2.05, 4.69) is 4.98 Å². The first-order valence-electron chi connectivity index (χ1n) is 8.63. The van der Waals surface area contributed by atoms with E-state index in [9.17, 15) is 9.59 Å². The summed E-state index contributed by atoms with van der Waals surface area (Å²) in [6, 6.07) is 0.276. The van der Waals surface area contributed by atoms with Gasteiger partial charge in [0.15, 0.2) is 0 Å². The fourth-order valence-electron chi connectivity index (χ4n) is 4.07. The maximum Gasteiger partial charge on any atom is 0.348 e. The first kappa shape index (κ1) is 16.1. The lowest BCUT2D eigenvalue weighted by Crippen LogP contribution is -2.30. The van der Waals surface area contributed by atoms with Gasteiger partial charge in [-0.3, -0.25) is 9.36 Å². The molecule has 7 heteroatoms. The molecule has 0 spiro atoms. The van der Waals surface area contributed by atoms with Crippen molar-refractivity contribution < 1.29 is 4.79 Å². The monoisotopic (exact) mass is 363 g/mol. The predicted octanol–water partition coefficient (Wildman–Crippen LogP) is 3.76. The number of thiophene rings is 1. The van der Waals surface area contributed by atoms with Crippen molar-refractivity contribution in [3.05, 3.63) is 26.6 Å². The molecule has 2 N–H and O–H groups in total. The lowest BCUT2D eigenvalue weighted by Gasteiger charge is -2.25. The second-order valence-corrected chi connectivity index (χ2v) is 8.73. The number of primary amides is 1. The third-order valence-electron chi connectivity index (χ3n) is 5.12. The summed E-state index contributed by atoms with van der Waals surface area (Å²) in [5.41, 5.74) is 8.30. The molecule has 0 radical (unpaired) electrons. The van der Waals surface area contributed by atoms with Crippen LogP contribution in [0.4, 0.5) is 4.79 Å². The smallest absolute Gasteiger partial charge is 0.348 e. The summed E-state index contributed by atoms with van der Waals surface area (Å²) in [6.07, 6.45) is 9.08. The Morgan fingerprint density at radius 2 is 2.04 bits per heavy atom. The summed E-state index contributed by atoms with van der Waals surface area (Å²) in [4.78, 5) is 29.7. The highest BCUT2D eigenvalue weighted by Crippen LogP contribution is 2.41. The Hall–Kier alpha value is -1.34. The van der Waals surface area contributed by atoms with Gasteiger partial charge in [-0.1, -0.05) is 31.0 Å². The van der Waals surface area contributed by atoms with Gasteiger partial charge in [-0.2, -0.15) is 4.98 Å². The molecule has 2 aliphatic rings. The summed E-state index contributed by atoms with van der Waals surface area (Å²) in [7, 11) is 0. The molecule has 0 atom stereocenters. The number of thioether (sulfide) groups is 1. The lowest BCUT2D eigenvalue weighted by atomic mass is 9.95. The second kappa shape index (κ2) is 6.52. The van der Waals surface area contributed by atoms with Gasteiger partial charge in [0.05, 0.1) is 15.9 Å². The topological polar surface area (TPSA) is 78.0 Å². The first-order chi connectivity index (χ1) is 11.6. The Labute approximate surface area is 148 Å². The molecule has 2 aromatic heterocycles. The van der Waals surface area contributed by atoms with Crippen molar-refractivity contribution in [2.75, 3.05) is 0 Å². The molecule has 4 rings (SSSR count). The highest BCUT2D eigenvalue weighted by atomic mass is 32.2. The Bertz CT molecular complexity index is 850. The number of amides is 1. The average molecular weight is 364 g/mol. The van der Waals surface area contributed by atoms with E-state index in [0.717, 1.165) is 53.4 Å². The zero-order valence-electron chi connectivity index (χ0n) is 13.5. The molecule has 0 aliphatic heterocycles. The van der Waals surface area contributed by atoms with E-state index >= 15 is 0 Å². The molecule has 24 heavy (non-hydrogen) atoms. The molecular formula is C17H21N3O2S2. The Morgan fingerprint density at radius 1 is 1.25 bits per heavy atom. The summed E-state index contributed by atoms with van der Waals surface area (Å²) in [5.74, 6) is 0.381. The van der Waals surface area contributed by atoms with E-state index in [-0.39, 0.29) is 11.7 Å². The quantitative estimate of drug-likeness (QED) is 0.900. The van der Waals surface area contributed by atoms with Crippen LogP contribution in [0.25, 0.3) is 10.2 Å². The van der Waals surface area contributed by atoms with Crippen molar-refractivity contribution in [1.29, 1.82) is 0 Å². The van der Waals surface area contributed by atoms with Gasteiger partial charge in [-0.15, -0.1) is 11.3 Å². The molecule has 1 saturated carbocycles.